The Bertz CT molecular complexity index is 1900. The van der Waals surface area contributed by atoms with Crippen LogP contribution >= 0.6 is 0 Å². The number of nitrogens with zero attached hydrogens (tertiary/aromatic N) is 1. The number of hydrogen-bond donors (Lipinski definition) is 7. The van der Waals surface area contributed by atoms with E-state index < -0.39 is 89.1 Å². The van der Waals surface area contributed by atoms with Gasteiger partial charge in [0.25, 0.3) is 0 Å². The van der Waals surface area contributed by atoms with E-state index in [9.17, 15) is 42.6 Å². The van der Waals surface area contributed by atoms with Crippen LogP contribution in [0.5, 0.6) is 11.5 Å². The molecule has 1 aliphatic rings. The van der Waals surface area contributed by atoms with Gasteiger partial charge in [0, 0.05) is 24.6 Å². The number of fused-ring (bicyclic) bond motifs is 5. The maximum absolute atomic E-state index is 14.2. The number of carbonyl (C=O) groups is 6. The molecule has 7 N–H and O–H groups in total. The van der Waals surface area contributed by atoms with Gasteiger partial charge in [-0.15, -0.1) is 0 Å². The Kier molecular flexibility index (Phi) is 17.6. The number of ether oxygens (including phenoxy) is 5. The van der Waals surface area contributed by atoms with Crippen LogP contribution < -0.4 is 35.5 Å². The summed E-state index contributed by atoms with van der Waals surface area (Å²) in [6.07, 6.45) is -1.40. The molecule has 3 rings (SSSR count). The number of hydrogen-bond acceptors (Lipinski definition) is 13. The van der Waals surface area contributed by atoms with Gasteiger partial charge in [-0.2, -0.15) is 4.72 Å². The van der Waals surface area contributed by atoms with E-state index in [1.54, 1.807) is 59.7 Å². The highest BCUT2D eigenvalue weighted by Crippen LogP contribution is 2.40. The van der Waals surface area contributed by atoms with Crippen molar-refractivity contribution in [1.29, 1.82) is 0 Å². The molecule has 21 heteroatoms. The van der Waals surface area contributed by atoms with Gasteiger partial charge in [-0.25, -0.2) is 18.6 Å². The Hall–Kier alpha value is -5.51. The second-order valence-electron chi connectivity index (χ2n) is 15.6. The summed E-state index contributed by atoms with van der Waals surface area (Å²) in [5.74, 6) is -2.89. The fourth-order valence-electron chi connectivity index (χ4n) is 5.79. The Morgan fingerprint density at radius 1 is 0.867 bits per heavy atom. The molecule has 0 fully saturated rings. The van der Waals surface area contributed by atoms with E-state index in [0.717, 1.165) is 12.0 Å². The van der Waals surface area contributed by atoms with E-state index in [4.69, 9.17) is 23.7 Å². The lowest BCUT2D eigenvalue weighted by molar-refractivity contribution is -0.145. The average molecular weight is 865 g/mol. The van der Waals surface area contributed by atoms with Gasteiger partial charge in [-0.3, -0.25) is 18.9 Å². The van der Waals surface area contributed by atoms with Crippen LogP contribution in [0.2, 0.25) is 0 Å². The minimum Gasteiger partial charge on any atom is -0.491 e. The second-order valence-corrected chi connectivity index (χ2v) is 16.3. The van der Waals surface area contributed by atoms with Crippen molar-refractivity contribution in [1.82, 2.24) is 30.9 Å². The normalized spacial score (nSPS) is 17.9. The highest BCUT2D eigenvalue weighted by molar-refractivity contribution is 7.77. The predicted molar refractivity (Wildman–Crippen MR) is 217 cm³/mol. The van der Waals surface area contributed by atoms with Gasteiger partial charge >= 0.3 is 18.2 Å². The number of esters is 1. The van der Waals surface area contributed by atoms with Gasteiger partial charge in [0.15, 0.2) is 0 Å². The van der Waals surface area contributed by atoms with E-state index in [-0.39, 0.29) is 49.8 Å². The number of amides is 5. The zero-order valence-electron chi connectivity index (χ0n) is 35.2. The van der Waals surface area contributed by atoms with Crippen LogP contribution in [0.3, 0.4) is 0 Å². The molecule has 0 aromatic heterocycles. The molecule has 1 aliphatic heterocycles. The molecule has 1 heterocycles. The molecule has 2 aromatic rings. The first-order chi connectivity index (χ1) is 28.0. The lowest BCUT2D eigenvalue weighted by atomic mass is 9.93. The minimum absolute atomic E-state index is 0.0122. The van der Waals surface area contributed by atoms with Crippen LogP contribution in [-0.4, -0.2) is 131 Å². The highest BCUT2D eigenvalue weighted by atomic mass is 32.2. The molecule has 0 radical (unpaired) electrons. The number of rotatable bonds is 14. The highest BCUT2D eigenvalue weighted by Gasteiger charge is 2.36. The van der Waals surface area contributed by atoms with Gasteiger partial charge in [-0.1, -0.05) is 12.1 Å². The third-order valence-electron chi connectivity index (χ3n) is 8.41. The number of alkyl carbamates (subject to hydrolysis) is 2. The van der Waals surface area contributed by atoms with Crippen molar-refractivity contribution < 1.29 is 66.3 Å². The topological polar surface area (TPSA) is 269 Å². The van der Waals surface area contributed by atoms with Crippen molar-refractivity contribution in [2.75, 3.05) is 47.1 Å². The molecule has 5 atom stereocenters. The molecule has 0 spiro atoms. The van der Waals surface area contributed by atoms with E-state index in [2.05, 4.69) is 21.3 Å². The lowest BCUT2D eigenvalue weighted by Gasteiger charge is -2.32. The number of benzene rings is 2. The third-order valence-corrected chi connectivity index (χ3v) is 8.90. The van der Waals surface area contributed by atoms with Gasteiger partial charge in [-0.05, 0) is 83.9 Å². The number of carbonyl (C=O) groups excluding carboxylic acids is 6. The minimum atomic E-state index is -2.72. The Balaban J connectivity index is 2.24. The molecule has 332 valence electrons. The van der Waals surface area contributed by atoms with Crippen LogP contribution in [0.4, 0.5) is 9.59 Å². The van der Waals surface area contributed by atoms with Crippen molar-refractivity contribution in [3.8, 4) is 22.6 Å². The zero-order chi connectivity index (χ0) is 44.9. The van der Waals surface area contributed by atoms with E-state index in [1.807, 2.05) is 4.72 Å². The average Bonchev–Trinajstić information content (AvgIpc) is 3.15. The number of likely N-dealkylation sites (N-methyl/N-ethyl adjacent to an activating group) is 1. The summed E-state index contributed by atoms with van der Waals surface area (Å²) in [5, 5.41) is 20.4. The largest absolute Gasteiger partial charge is 0.491 e. The van der Waals surface area contributed by atoms with Crippen molar-refractivity contribution in [2.45, 2.75) is 90.3 Å². The van der Waals surface area contributed by atoms with Crippen molar-refractivity contribution in [2.24, 2.45) is 0 Å². The number of aliphatic hydroxyl groups excluding tert-OH is 1. The molecule has 1 unspecified atom stereocenters. The molecule has 60 heavy (non-hydrogen) atoms. The van der Waals surface area contributed by atoms with Crippen LogP contribution in [0, 0.1) is 0 Å². The summed E-state index contributed by atoms with van der Waals surface area (Å²) in [7, 11) is 2.39. The fraction of sp³-hybridized carbons (Fsp3) is 0.538. The predicted octanol–water partition coefficient (Wildman–Crippen LogP) is 1.47. The molecule has 4 bridgehead atoms. The third kappa shape index (κ3) is 14.9. The Morgan fingerprint density at radius 3 is 1.90 bits per heavy atom. The van der Waals surface area contributed by atoms with Crippen LogP contribution in [0.15, 0.2) is 36.4 Å². The Morgan fingerprint density at radius 2 is 1.40 bits per heavy atom. The SMILES string of the molecule is COC(=O)[C@@H]1Cc2ccc(OCCNC(=O)OC(C)(C)C)c(c2)-c2cc(ccc2OCCNC(=O)OC(C)(C)C)[C@H](N(C)C(=O)[C@H](CO)NS(=O)O)C(=O)N[C@@H](C)C(=O)N1. The van der Waals surface area contributed by atoms with Gasteiger partial charge in [0.05, 0.1) is 26.8 Å². The Labute approximate surface area is 351 Å². The van der Waals surface area contributed by atoms with Crippen LogP contribution in [0.1, 0.15) is 65.6 Å². The number of nitrogens with one attached hydrogen (secondary N) is 5. The smallest absolute Gasteiger partial charge is 0.407 e. The first-order valence-corrected chi connectivity index (χ1v) is 20.0. The zero-order valence-corrected chi connectivity index (χ0v) is 36.0. The number of methoxy groups -OCH3 is 1. The summed E-state index contributed by atoms with van der Waals surface area (Å²) >= 11 is -2.72. The van der Waals surface area contributed by atoms with E-state index in [0.29, 0.717) is 16.7 Å². The molecule has 5 amide bonds. The molecular formula is C39H56N6O14S. The van der Waals surface area contributed by atoms with Crippen molar-refractivity contribution in [3.05, 3.63) is 47.5 Å². The van der Waals surface area contributed by atoms with Gasteiger partial charge in [0.1, 0.15) is 60.1 Å². The van der Waals surface area contributed by atoms with Gasteiger partial charge in [0.2, 0.25) is 29.0 Å². The van der Waals surface area contributed by atoms with Crippen molar-refractivity contribution in [3.63, 3.8) is 0 Å². The van der Waals surface area contributed by atoms with Crippen LogP contribution in [0.25, 0.3) is 11.1 Å². The molecule has 20 nitrogen and oxygen atoms in total. The summed E-state index contributed by atoms with van der Waals surface area (Å²) < 4.78 is 51.0. The maximum Gasteiger partial charge on any atom is 0.407 e. The van der Waals surface area contributed by atoms with Gasteiger partial charge < -0.3 is 55.0 Å². The molecular weight excluding hydrogens is 809 g/mol. The lowest BCUT2D eigenvalue weighted by Crippen LogP contribution is -2.55. The summed E-state index contributed by atoms with van der Waals surface area (Å²) in [4.78, 5) is 79.9. The second kappa shape index (κ2) is 21.7. The molecule has 2 aromatic carbocycles. The monoisotopic (exact) mass is 864 g/mol. The summed E-state index contributed by atoms with van der Waals surface area (Å²) in [6.45, 7) is 10.7. The van der Waals surface area contributed by atoms with E-state index >= 15 is 0 Å². The summed E-state index contributed by atoms with van der Waals surface area (Å²) in [5.41, 5.74) is -0.142. The van der Waals surface area contributed by atoms with Crippen molar-refractivity contribution >= 4 is 47.1 Å². The number of aliphatic hydroxyl groups is 1. The maximum atomic E-state index is 14.2. The first kappa shape index (κ1) is 48.9. The summed E-state index contributed by atoms with van der Waals surface area (Å²) in [6, 6.07) is 3.85. The quantitative estimate of drug-likeness (QED) is 0.0614. The van der Waals surface area contributed by atoms with Crippen LogP contribution in [-0.2, 0) is 51.1 Å². The first-order valence-electron chi connectivity index (χ1n) is 18.9. The molecule has 0 aliphatic carbocycles. The standard InChI is InChI=1S/C39H56N6O14S/c1-22-32(47)43-27(35(50)55-9)19-23-10-12-29(56-16-14-40-36(51)58-38(2,3)4)25(18-23)26-20-24(11-13-30(26)57-17-15-41-37(52)59-39(5,6)7)31(33(48)42-22)45(8)34(49)28(21-46)44-60(53)54/h10-13,18,20,22,27-28,31,44,46H,14-17,19,21H2,1-9H3,(H,40,51)(H,41,52)(H,42,48)(H,43,47)(H,53,54)/t22-,27-,28-,31-/m0/s1. The molecule has 0 saturated heterocycles. The van der Waals surface area contributed by atoms with E-state index in [1.165, 1.54) is 32.2 Å². The fourth-order valence-corrected chi connectivity index (χ4v) is 6.21. The molecule has 0 saturated carbocycles.